The number of amides is 1. The first-order valence-corrected chi connectivity index (χ1v) is 8.50. The summed E-state index contributed by atoms with van der Waals surface area (Å²) in [7, 11) is 0. The number of carbonyl (C=O) groups excluding carboxylic acids is 1. The number of likely N-dealkylation sites (tertiary alicyclic amines) is 1. The largest absolute Gasteiger partial charge is 0.393 e. The maximum absolute atomic E-state index is 13.2. The lowest BCUT2D eigenvalue weighted by atomic mass is 10.0. The molecule has 0 saturated carbocycles. The molecule has 3 heterocycles. The van der Waals surface area contributed by atoms with E-state index in [1.807, 2.05) is 23.1 Å². The van der Waals surface area contributed by atoms with Crippen molar-refractivity contribution in [2.75, 3.05) is 32.7 Å². The Morgan fingerprint density at radius 1 is 1.35 bits per heavy atom. The molecule has 2 aliphatic heterocycles. The zero-order chi connectivity index (χ0) is 16.2. The molecule has 1 aromatic heterocycles. The number of hydrogen-bond acceptors (Lipinski definition) is 5. The van der Waals surface area contributed by atoms with Crippen LogP contribution in [0.25, 0.3) is 0 Å². The summed E-state index contributed by atoms with van der Waals surface area (Å²) in [6.07, 6.45) is 2.81. The number of aliphatic hydroxyl groups is 1. The molecule has 126 valence electrons. The van der Waals surface area contributed by atoms with Crippen LogP contribution < -0.4 is 5.32 Å². The van der Waals surface area contributed by atoms with Crippen LogP contribution in [0.3, 0.4) is 0 Å². The summed E-state index contributed by atoms with van der Waals surface area (Å²) >= 11 is 0. The van der Waals surface area contributed by atoms with Crippen molar-refractivity contribution in [3.63, 3.8) is 0 Å². The number of pyridine rings is 1. The molecule has 0 bridgehead atoms. The van der Waals surface area contributed by atoms with Gasteiger partial charge in [0.05, 0.1) is 11.8 Å². The van der Waals surface area contributed by atoms with Gasteiger partial charge in [0.1, 0.15) is 6.04 Å². The lowest BCUT2D eigenvalue weighted by Crippen LogP contribution is -2.54. The highest BCUT2D eigenvalue weighted by Crippen LogP contribution is 2.24. The molecular weight excluding hydrogens is 292 g/mol. The van der Waals surface area contributed by atoms with Crippen LogP contribution in [0.2, 0.25) is 0 Å². The third-order valence-corrected chi connectivity index (χ3v) is 4.74. The van der Waals surface area contributed by atoms with E-state index in [9.17, 15) is 9.90 Å². The number of carbonyl (C=O) groups is 1. The molecule has 1 amide bonds. The van der Waals surface area contributed by atoms with Crippen LogP contribution in [0.5, 0.6) is 0 Å². The molecule has 6 nitrogen and oxygen atoms in total. The zero-order valence-corrected chi connectivity index (χ0v) is 13.7. The molecule has 0 spiro atoms. The third kappa shape index (κ3) is 3.88. The fourth-order valence-electron chi connectivity index (χ4n) is 3.46. The molecule has 0 aliphatic carbocycles. The Morgan fingerprint density at radius 2 is 2.13 bits per heavy atom. The van der Waals surface area contributed by atoms with E-state index >= 15 is 0 Å². The van der Waals surface area contributed by atoms with Crippen molar-refractivity contribution in [1.82, 2.24) is 20.1 Å². The minimum absolute atomic E-state index is 0.115. The van der Waals surface area contributed by atoms with Gasteiger partial charge in [0.15, 0.2) is 0 Å². The second kappa shape index (κ2) is 7.38. The molecule has 3 rings (SSSR count). The van der Waals surface area contributed by atoms with Crippen molar-refractivity contribution in [2.24, 2.45) is 0 Å². The minimum atomic E-state index is -0.323. The second-order valence-electron chi connectivity index (χ2n) is 6.56. The number of piperazine rings is 1. The highest BCUT2D eigenvalue weighted by Gasteiger charge is 2.35. The summed E-state index contributed by atoms with van der Waals surface area (Å²) in [5.41, 5.74) is 0.817. The van der Waals surface area contributed by atoms with Gasteiger partial charge < -0.3 is 15.3 Å². The summed E-state index contributed by atoms with van der Waals surface area (Å²) in [6.45, 7) is 5.97. The van der Waals surface area contributed by atoms with Crippen molar-refractivity contribution in [3.8, 4) is 0 Å². The molecule has 2 aliphatic rings. The number of aliphatic hydroxyl groups excluding tert-OH is 1. The molecule has 2 saturated heterocycles. The summed E-state index contributed by atoms with van der Waals surface area (Å²) in [5, 5.41) is 13.1. The van der Waals surface area contributed by atoms with Gasteiger partial charge in [0.25, 0.3) is 0 Å². The van der Waals surface area contributed by atoms with Gasteiger partial charge in [-0.1, -0.05) is 6.07 Å². The monoisotopic (exact) mass is 318 g/mol. The van der Waals surface area contributed by atoms with Gasteiger partial charge in [-0.25, -0.2) is 0 Å². The zero-order valence-electron chi connectivity index (χ0n) is 13.7. The molecule has 23 heavy (non-hydrogen) atoms. The average Bonchev–Trinajstić information content (AvgIpc) is 2.57. The predicted octanol–water partition coefficient (Wildman–Crippen LogP) is 0.400. The van der Waals surface area contributed by atoms with E-state index in [-0.39, 0.29) is 18.1 Å². The summed E-state index contributed by atoms with van der Waals surface area (Å²) in [6, 6.07) is 5.80. The fourth-order valence-corrected chi connectivity index (χ4v) is 3.46. The molecule has 2 unspecified atom stereocenters. The number of nitrogens with one attached hydrogen (secondary N) is 1. The Bertz CT molecular complexity index is 517. The smallest absolute Gasteiger partial charge is 0.246 e. The van der Waals surface area contributed by atoms with E-state index < -0.39 is 0 Å². The maximum atomic E-state index is 13.2. The topological polar surface area (TPSA) is 68.7 Å². The first kappa shape index (κ1) is 16.4. The van der Waals surface area contributed by atoms with Crippen LogP contribution in [-0.2, 0) is 4.79 Å². The maximum Gasteiger partial charge on any atom is 0.246 e. The van der Waals surface area contributed by atoms with E-state index in [1.54, 1.807) is 6.20 Å². The van der Waals surface area contributed by atoms with Crippen molar-refractivity contribution in [2.45, 2.75) is 38.0 Å². The molecular formula is C17H26N4O2. The van der Waals surface area contributed by atoms with E-state index in [0.717, 1.165) is 25.3 Å². The normalized spacial score (nSPS) is 25.3. The van der Waals surface area contributed by atoms with Crippen molar-refractivity contribution in [3.05, 3.63) is 30.1 Å². The van der Waals surface area contributed by atoms with Crippen molar-refractivity contribution in [1.29, 1.82) is 0 Å². The van der Waals surface area contributed by atoms with Crippen LogP contribution in [0, 0.1) is 0 Å². The van der Waals surface area contributed by atoms with Crippen LogP contribution in [-0.4, -0.2) is 70.7 Å². The Morgan fingerprint density at radius 3 is 2.78 bits per heavy atom. The van der Waals surface area contributed by atoms with Gasteiger partial charge in [-0.2, -0.15) is 0 Å². The van der Waals surface area contributed by atoms with Gasteiger partial charge in [0.2, 0.25) is 5.91 Å². The first-order chi connectivity index (χ1) is 11.1. The number of nitrogens with zero attached hydrogens (tertiary/aromatic N) is 3. The van der Waals surface area contributed by atoms with Crippen molar-refractivity contribution < 1.29 is 9.90 Å². The molecule has 2 N–H and O–H groups in total. The van der Waals surface area contributed by atoms with E-state index in [0.29, 0.717) is 32.0 Å². The van der Waals surface area contributed by atoms with Gasteiger partial charge >= 0.3 is 0 Å². The van der Waals surface area contributed by atoms with E-state index in [1.165, 1.54) is 0 Å². The molecule has 0 aromatic carbocycles. The predicted molar refractivity (Wildman–Crippen MR) is 87.8 cm³/mol. The standard InChI is InChI=1S/C17H26N4O2/c1-13-12-21(11-8-18-13)16(15-4-2-3-7-19-15)17(23)20-9-5-14(22)6-10-20/h2-4,7,13-14,16,18,22H,5-6,8-12H2,1H3. The average molecular weight is 318 g/mol. The van der Waals surface area contributed by atoms with Gasteiger partial charge in [-0.05, 0) is 31.9 Å². The molecule has 2 atom stereocenters. The Balaban J connectivity index is 1.81. The van der Waals surface area contributed by atoms with Gasteiger partial charge in [-0.15, -0.1) is 0 Å². The molecule has 0 radical (unpaired) electrons. The van der Waals surface area contributed by atoms with Gasteiger partial charge in [0, 0.05) is 45.0 Å². The summed E-state index contributed by atoms with van der Waals surface area (Å²) in [4.78, 5) is 21.7. The highest BCUT2D eigenvalue weighted by molar-refractivity contribution is 5.83. The number of aromatic nitrogens is 1. The number of piperidine rings is 1. The Hall–Kier alpha value is -1.50. The van der Waals surface area contributed by atoms with Gasteiger partial charge in [-0.3, -0.25) is 14.7 Å². The summed E-state index contributed by atoms with van der Waals surface area (Å²) < 4.78 is 0. The molecule has 1 aromatic rings. The third-order valence-electron chi connectivity index (χ3n) is 4.74. The van der Waals surface area contributed by atoms with E-state index in [2.05, 4.69) is 22.1 Å². The Labute approximate surface area is 137 Å². The highest BCUT2D eigenvalue weighted by atomic mass is 16.3. The quantitative estimate of drug-likeness (QED) is 0.844. The second-order valence-corrected chi connectivity index (χ2v) is 6.56. The number of hydrogen-bond donors (Lipinski definition) is 2. The lowest BCUT2D eigenvalue weighted by Gasteiger charge is -2.40. The van der Waals surface area contributed by atoms with Crippen molar-refractivity contribution >= 4 is 5.91 Å². The lowest BCUT2D eigenvalue weighted by molar-refractivity contribution is -0.140. The van der Waals surface area contributed by atoms with Crippen LogP contribution in [0.1, 0.15) is 31.5 Å². The number of rotatable bonds is 3. The fraction of sp³-hybridized carbons (Fsp3) is 0.647. The molecule has 6 heteroatoms. The minimum Gasteiger partial charge on any atom is -0.393 e. The van der Waals surface area contributed by atoms with Crippen LogP contribution in [0.15, 0.2) is 24.4 Å². The Kier molecular flexibility index (Phi) is 5.25. The SMILES string of the molecule is CC1CN(C(C(=O)N2CCC(O)CC2)c2ccccn2)CCN1. The summed E-state index contributed by atoms with van der Waals surface area (Å²) in [5.74, 6) is 0.115. The van der Waals surface area contributed by atoms with E-state index in [4.69, 9.17) is 0 Å². The van der Waals surface area contributed by atoms with Crippen LogP contribution >= 0.6 is 0 Å². The first-order valence-electron chi connectivity index (χ1n) is 8.50. The molecule has 2 fully saturated rings. The van der Waals surface area contributed by atoms with Crippen LogP contribution in [0.4, 0.5) is 0 Å².